The van der Waals surface area contributed by atoms with Crippen molar-refractivity contribution >= 4 is 21.5 Å². The molecule has 3 heterocycles. The van der Waals surface area contributed by atoms with E-state index >= 15 is 0 Å². The molecular formula is C140H96N8. The van der Waals surface area contributed by atoms with E-state index in [4.69, 9.17) is 29.9 Å². The SMILES string of the molecule is Cc1c(-c2ccccc2)nc(-c2ccccc2)nc1-c1ccc(-c2ccc(-c3ccc(-c4cccc(C#N)c4)cc3)c3ccccc23)cc1.Cc1c(-c2ccccc2)nc(-c2ccccc2)nc1-c1ccc(-c2ccc(-c3ccc(-c4ccccc4C#N)cc3)c3ccccc23)cc1.Cc1c(-c2ccccc2)nc(-c2ccccc2)nc1-c1ccc(-c2ccc3c(c2)C(c2ccccc2)(c2ccccc2)c2ccccc2-3)cc1. The predicted octanol–water partition coefficient (Wildman–Crippen LogP) is 35.4. The molecule has 148 heavy (non-hydrogen) atoms. The fraction of sp³-hybridized carbons (Fsp3) is 0.0286. The maximum atomic E-state index is 9.59. The van der Waals surface area contributed by atoms with Crippen molar-refractivity contribution in [3.8, 4) is 203 Å². The molecule has 0 radical (unpaired) electrons. The van der Waals surface area contributed by atoms with E-state index in [9.17, 15) is 10.5 Å². The van der Waals surface area contributed by atoms with Gasteiger partial charge in [-0.2, -0.15) is 10.5 Å². The van der Waals surface area contributed by atoms with Crippen LogP contribution < -0.4 is 0 Å². The van der Waals surface area contributed by atoms with Gasteiger partial charge in [0.25, 0.3) is 0 Å². The monoisotopic (exact) mass is 1890 g/mol. The molecule has 0 saturated carbocycles. The second-order valence-electron chi connectivity index (χ2n) is 37.2. The number of fused-ring (bicyclic) bond motifs is 5. The minimum Gasteiger partial charge on any atom is -0.228 e. The Morgan fingerprint density at radius 3 is 0.736 bits per heavy atom. The van der Waals surface area contributed by atoms with Gasteiger partial charge in [-0.15, -0.1) is 0 Å². The van der Waals surface area contributed by atoms with Crippen molar-refractivity contribution in [1.82, 2.24) is 29.9 Å². The smallest absolute Gasteiger partial charge is 0.160 e. The van der Waals surface area contributed by atoms with Gasteiger partial charge in [-0.05, 0) is 178 Å². The quantitative estimate of drug-likeness (QED) is 0.0832. The first-order chi connectivity index (χ1) is 73.0. The van der Waals surface area contributed by atoms with Crippen LogP contribution in [-0.2, 0) is 5.41 Å². The second kappa shape index (κ2) is 41.1. The van der Waals surface area contributed by atoms with Gasteiger partial charge in [-0.1, -0.05) is 504 Å². The van der Waals surface area contributed by atoms with Crippen molar-refractivity contribution in [3.63, 3.8) is 0 Å². The zero-order valence-corrected chi connectivity index (χ0v) is 81.8. The maximum absolute atomic E-state index is 9.59. The fourth-order valence-corrected chi connectivity index (χ4v) is 21.1. The normalized spacial score (nSPS) is 11.5. The standard InChI is InChI=1S/C48H34N2.2C46H31N3/c1-33-45(35-16-6-2-7-17-35)49-47(37-18-8-3-9-19-37)50-46(33)36-28-26-34(27-29-36)38-30-31-42-41-24-14-15-25-43(41)48(44(42)32-38,39-20-10-4-11-21-39)40-22-12-5-13-23-40;1-31-44(36-12-4-2-5-13-36)48-46(38-14-6-3-7-15-38)49-45(31)37-25-23-35(24-26-37)41-28-27-40(42-17-8-9-18-43(41)42)34-21-19-33(20-22-34)39-16-10-11-32(29-39)30-47;1-31-44(35-12-4-2-5-13-35)48-46(37-14-6-3-7-15-37)49-45(31)36-26-24-34(25-27-36)41-29-28-40(42-18-10-11-19-43(41)42)33-22-20-32(21-23-33)39-17-9-8-16-38(39)30-47/h2-32H,1H3;2*2-29H,1H3. The van der Waals surface area contributed by atoms with Crippen molar-refractivity contribution in [1.29, 1.82) is 10.5 Å². The third kappa shape index (κ3) is 18.1. The summed E-state index contributed by atoms with van der Waals surface area (Å²) in [4.78, 5) is 30.5. The first kappa shape index (κ1) is 92.1. The molecular weight excluding hydrogens is 1790 g/mol. The van der Waals surface area contributed by atoms with E-state index in [0.29, 0.717) is 17.0 Å². The number of hydrogen-bond donors (Lipinski definition) is 0. The number of hydrogen-bond acceptors (Lipinski definition) is 8. The molecule has 24 aromatic rings. The van der Waals surface area contributed by atoms with E-state index in [2.05, 4.69) is 427 Å². The minimum atomic E-state index is -0.426. The molecule has 0 unspecified atom stereocenters. The van der Waals surface area contributed by atoms with Gasteiger partial charge in [0.15, 0.2) is 17.5 Å². The summed E-state index contributed by atoms with van der Waals surface area (Å²) >= 11 is 0. The Kier molecular flexibility index (Phi) is 25.6. The van der Waals surface area contributed by atoms with Crippen molar-refractivity contribution in [3.05, 3.63) is 578 Å². The summed E-state index contributed by atoms with van der Waals surface area (Å²) in [7, 11) is 0. The van der Waals surface area contributed by atoms with E-state index < -0.39 is 5.41 Å². The number of rotatable bonds is 18. The summed E-state index contributed by atoms with van der Waals surface area (Å²) in [6.07, 6.45) is 0. The van der Waals surface area contributed by atoms with Gasteiger partial charge in [-0.3, -0.25) is 0 Å². The third-order valence-corrected chi connectivity index (χ3v) is 28.5. The number of nitrogens with zero attached hydrogens (tertiary/aromatic N) is 8. The van der Waals surface area contributed by atoms with Crippen LogP contribution in [0.2, 0.25) is 0 Å². The molecule has 8 heteroatoms. The zero-order valence-electron chi connectivity index (χ0n) is 81.8. The van der Waals surface area contributed by atoms with Gasteiger partial charge >= 0.3 is 0 Å². The molecule has 25 rings (SSSR count). The fourth-order valence-electron chi connectivity index (χ4n) is 21.1. The summed E-state index contributed by atoms with van der Waals surface area (Å²) in [6, 6.07) is 189. The molecule has 0 N–H and O–H groups in total. The van der Waals surface area contributed by atoms with Crippen molar-refractivity contribution in [2.24, 2.45) is 0 Å². The molecule has 696 valence electrons. The number of aromatic nitrogens is 6. The molecule has 0 aliphatic heterocycles. The molecule has 0 saturated heterocycles. The van der Waals surface area contributed by atoms with E-state index in [1.807, 2.05) is 133 Å². The first-order valence-corrected chi connectivity index (χ1v) is 50.0. The Balaban J connectivity index is 0.000000122. The molecule has 1 aliphatic carbocycles. The van der Waals surface area contributed by atoms with Crippen LogP contribution in [0, 0.1) is 43.4 Å². The highest BCUT2D eigenvalue weighted by Gasteiger charge is 2.46. The van der Waals surface area contributed by atoms with Crippen molar-refractivity contribution < 1.29 is 0 Å². The van der Waals surface area contributed by atoms with Crippen molar-refractivity contribution in [2.75, 3.05) is 0 Å². The van der Waals surface area contributed by atoms with E-state index in [1.165, 1.54) is 88.3 Å². The molecule has 0 fully saturated rings. The maximum Gasteiger partial charge on any atom is 0.160 e. The molecule has 0 spiro atoms. The average molecular weight is 1890 g/mol. The highest BCUT2D eigenvalue weighted by Crippen LogP contribution is 2.57. The summed E-state index contributed by atoms with van der Waals surface area (Å²) < 4.78 is 0. The van der Waals surface area contributed by atoms with Gasteiger partial charge in [0, 0.05) is 66.8 Å². The van der Waals surface area contributed by atoms with E-state index in [0.717, 1.165) is 157 Å². The molecule has 0 amide bonds. The van der Waals surface area contributed by atoms with Crippen LogP contribution in [0.5, 0.6) is 0 Å². The van der Waals surface area contributed by atoms with Crippen LogP contribution in [0.4, 0.5) is 0 Å². The van der Waals surface area contributed by atoms with Gasteiger partial charge in [0.2, 0.25) is 0 Å². The van der Waals surface area contributed by atoms with E-state index in [1.54, 1.807) is 0 Å². The van der Waals surface area contributed by atoms with Crippen LogP contribution >= 0.6 is 0 Å². The Labute approximate surface area is 862 Å². The predicted molar refractivity (Wildman–Crippen MR) is 609 cm³/mol. The average Bonchev–Trinajstić information content (AvgIpc) is 1.53. The number of nitriles is 2. The van der Waals surface area contributed by atoms with Gasteiger partial charge in [-0.25, -0.2) is 29.9 Å². The largest absolute Gasteiger partial charge is 0.228 e. The van der Waals surface area contributed by atoms with Gasteiger partial charge in [0.1, 0.15) is 0 Å². The molecule has 21 aromatic carbocycles. The molecule has 0 bridgehead atoms. The summed E-state index contributed by atoms with van der Waals surface area (Å²) in [5.74, 6) is 2.16. The Morgan fingerprint density at radius 1 is 0.169 bits per heavy atom. The molecule has 8 nitrogen and oxygen atoms in total. The summed E-state index contributed by atoms with van der Waals surface area (Å²) in [5.41, 5.74) is 42.7. The molecule has 3 aromatic heterocycles. The molecule has 0 atom stereocenters. The van der Waals surface area contributed by atoms with Crippen LogP contribution in [0.15, 0.2) is 528 Å². The lowest BCUT2D eigenvalue weighted by atomic mass is 9.67. The topological polar surface area (TPSA) is 125 Å². The highest BCUT2D eigenvalue weighted by atomic mass is 14.9. The lowest BCUT2D eigenvalue weighted by molar-refractivity contribution is 0.769. The van der Waals surface area contributed by atoms with E-state index in [-0.39, 0.29) is 0 Å². The highest BCUT2D eigenvalue weighted by molar-refractivity contribution is 6.07. The first-order valence-electron chi connectivity index (χ1n) is 50.0. The number of benzene rings is 21. The Morgan fingerprint density at radius 2 is 0.405 bits per heavy atom. The van der Waals surface area contributed by atoms with Gasteiger partial charge < -0.3 is 0 Å². The van der Waals surface area contributed by atoms with Crippen LogP contribution in [0.25, 0.3) is 212 Å². The summed E-state index contributed by atoms with van der Waals surface area (Å²) in [5, 5.41) is 23.7. The van der Waals surface area contributed by atoms with Crippen LogP contribution in [0.1, 0.15) is 50.1 Å². The minimum absolute atomic E-state index is 0.426. The van der Waals surface area contributed by atoms with Gasteiger partial charge in [0.05, 0.1) is 62.8 Å². The Hall–Kier alpha value is -19.6. The van der Waals surface area contributed by atoms with Crippen LogP contribution in [-0.4, -0.2) is 29.9 Å². The lowest BCUT2D eigenvalue weighted by Gasteiger charge is -2.34. The zero-order chi connectivity index (χ0) is 99.8. The lowest BCUT2D eigenvalue weighted by Crippen LogP contribution is -2.28. The van der Waals surface area contributed by atoms with Crippen LogP contribution in [0.3, 0.4) is 0 Å². The Bertz CT molecular complexity index is 9060. The second-order valence-corrected chi connectivity index (χ2v) is 37.2. The third-order valence-electron chi connectivity index (χ3n) is 28.5. The molecule has 1 aliphatic rings. The van der Waals surface area contributed by atoms with Crippen molar-refractivity contribution in [2.45, 2.75) is 26.2 Å². The summed E-state index contributed by atoms with van der Waals surface area (Å²) in [6.45, 7) is 6.36.